The van der Waals surface area contributed by atoms with Gasteiger partial charge >= 0.3 is 0 Å². The molecule has 0 saturated heterocycles. The molecule has 1 aromatic heterocycles. The first-order chi connectivity index (χ1) is 9.22. The number of hydrogen-bond donors (Lipinski definition) is 2. The second-order valence-electron chi connectivity index (χ2n) is 4.05. The number of thiazole rings is 1. The molecule has 3 rings (SSSR count). The first-order valence-corrected chi connectivity index (χ1v) is 6.97. The van der Waals surface area contributed by atoms with E-state index in [1.807, 2.05) is 42.5 Å². The fraction of sp³-hybridized carbons (Fsp3) is 0. The summed E-state index contributed by atoms with van der Waals surface area (Å²) in [5.41, 5.74) is 8.45. The van der Waals surface area contributed by atoms with Gasteiger partial charge in [0.1, 0.15) is 5.01 Å². The van der Waals surface area contributed by atoms with Crippen LogP contribution >= 0.6 is 23.6 Å². The monoisotopic (exact) mass is 285 g/mol. The molecule has 2 aromatic carbocycles. The molecule has 3 nitrogen and oxygen atoms in total. The maximum absolute atomic E-state index is 5.43. The van der Waals surface area contributed by atoms with E-state index in [0.29, 0.717) is 0 Å². The number of nitrogens with one attached hydrogen (secondary N) is 1. The lowest BCUT2D eigenvalue weighted by molar-refractivity contribution is 1.47. The van der Waals surface area contributed by atoms with Gasteiger partial charge in [-0.15, -0.1) is 11.3 Å². The van der Waals surface area contributed by atoms with Gasteiger partial charge in [0.15, 0.2) is 5.11 Å². The van der Waals surface area contributed by atoms with Gasteiger partial charge in [0.2, 0.25) is 0 Å². The highest BCUT2D eigenvalue weighted by Gasteiger charge is 2.05. The quantitative estimate of drug-likeness (QED) is 0.706. The van der Waals surface area contributed by atoms with Crippen LogP contribution in [-0.4, -0.2) is 10.1 Å². The van der Waals surface area contributed by atoms with Gasteiger partial charge in [-0.1, -0.05) is 12.1 Å². The Kier molecular flexibility index (Phi) is 3.15. The number of nitrogens with zero attached hydrogens (tertiary/aromatic N) is 1. The van der Waals surface area contributed by atoms with E-state index in [2.05, 4.69) is 16.4 Å². The maximum Gasteiger partial charge on any atom is 0.168 e. The number of aromatic nitrogens is 1. The Balaban J connectivity index is 1.95. The normalized spacial score (nSPS) is 10.5. The van der Waals surface area contributed by atoms with Gasteiger partial charge in [0.05, 0.1) is 10.2 Å². The van der Waals surface area contributed by atoms with Crippen molar-refractivity contribution in [1.82, 2.24) is 4.98 Å². The summed E-state index contributed by atoms with van der Waals surface area (Å²) in [6, 6.07) is 16.1. The predicted molar refractivity (Wildman–Crippen MR) is 85.5 cm³/mol. The van der Waals surface area contributed by atoms with Crippen molar-refractivity contribution in [2.75, 3.05) is 5.32 Å². The topological polar surface area (TPSA) is 50.9 Å². The van der Waals surface area contributed by atoms with Crippen LogP contribution in [0.1, 0.15) is 0 Å². The van der Waals surface area contributed by atoms with Crippen molar-refractivity contribution in [2.45, 2.75) is 0 Å². The summed E-state index contributed by atoms with van der Waals surface area (Å²) in [7, 11) is 0. The number of nitrogens with two attached hydrogens (primary N) is 1. The standard InChI is InChI=1S/C14H11N3S2/c15-14(18)16-10-7-5-9(6-8-10)13-17-11-3-1-2-4-12(11)19-13/h1-8H,(H3,15,16,18). The minimum atomic E-state index is 0.271. The lowest BCUT2D eigenvalue weighted by Crippen LogP contribution is -2.18. The summed E-state index contributed by atoms with van der Waals surface area (Å²) in [6.07, 6.45) is 0. The van der Waals surface area contributed by atoms with E-state index in [1.165, 1.54) is 4.70 Å². The molecule has 0 fully saturated rings. The van der Waals surface area contributed by atoms with Crippen molar-refractivity contribution in [3.63, 3.8) is 0 Å². The fourth-order valence-corrected chi connectivity index (χ4v) is 2.92. The van der Waals surface area contributed by atoms with Gasteiger partial charge in [-0.25, -0.2) is 4.98 Å². The molecule has 0 unspecified atom stereocenters. The molecule has 0 spiro atoms. The molecule has 19 heavy (non-hydrogen) atoms. The highest BCUT2D eigenvalue weighted by molar-refractivity contribution is 7.80. The molecular weight excluding hydrogens is 274 g/mol. The molecule has 0 aliphatic carbocycles. The van der Waals surface area contributed by atoms with Crippen LogP contribution in [-0.2, 0) is 0 Å². The lowest BCUT2D eigenvalue weighted by atomic mass is 10.2. The Morgan fingerprint density at radius 1 is 1.11 bits per heavy atom. The fourth-order valence-electron chi connectivity index (χ4n) is 1.83. The summed E-state index contributed by atoms with van der Waals surface area (Å²) in [5.74, 6) is 0. The van der Waals surface area contributed by atoms with Crippen molar-refractivity contribution in [2.24, 2.45) is 5.73 Å². The van der Waals surface area contributed by atoms with Crippen molar-refractivity contribution in [3.8, 4) is 10.6 Å². The molecule has 0 aliphatic rings. The van der Waals surface area contributed by atoms with Crippen molar-refractivity contribution in [3.05, 3.63) is 48.5 Å². The van der Waals surface area contributed by atoms with Crippen LogP contribution in [0.2, 0.25) is 0 Å². The molecule has 3 N–H and O–H groups in total. The largest absolute Gasteiger partial charge is 0.376 e. The van der Waals surface area contributed by atoms with Gasteiger partial charge in [-0.05, 0) is 48.6 Å². The SMILES string of the molecule is NC(=S)Nc1ccc(-c2nc3ccccc3s2)cc1. The van der Waals surface area contributed by atoms with E-state index in [9.17, 15) is 0 Å². The Labute approximate surface area is 120 Å². The van der Waals surface area contributed by atoms with Crippen LogP contribution in [0.3, 0.4) is 0 Å². The van der Waals surface area contributed by atoms with Crippen LogP contribution in [0.25, 0.3) is 20.8 Å². The van der Waals surface area contributed by atoms with E-state index in [0.717, 1.165) is 21.8 Å². The van der Waals surface area contributed by atoms with E-state index in [4.69, 9.17) is 18.0 Å². The second-order valence-corrected chi connectivity index (χ2v) is 5.52. The molecule has 3 aromatic rings. The Morgan fingerprint density at radius 2 is 1.84 bits per heavy atom. The molecule has 0 radical (unpaired) electrons. The number of hydrogen-bond acceptors (Lipinski definition) is 3. The van der Waals surface area contributed by atoms with E-state index in [1.54, 1.807) is 11.3 Å². The molecule has 0 aliphatic heterocycles. The molecule has 5 heteroatoms. The Bertz CT molecular complexity index is 699. The third kappa shape index (κ3) is 2.57. The van der Waals surface area contributed by atoms with E-state index >= 15 is 0 Å². The van der Waals surface area contributed by atoms with E-state index in [-0.39, 0.29) is 5.11 Å². The molecule has 0 bridgehead atoms. The summed E-state index contributed by atoms with van der Waals surface area (Å²) >= 11 is 6.49. The second kappa shape index (κ2) is 4.95. The van der Waals surface area contributed by atoms with Gasteiger partial charge in [0, 0.05) is 11.3 Å². The number of para-hydroxylation sites is 1. The zero-order valence-corrected chi connectivity index (χ0v) is 11.6. The number of benzene rings is 2. The number of anilines is 1. The minimum Gasteiger partial charge on any atom is -0.376 e. The number of fused-ring (bicyclic) bond motifs is 1. The first-order valence-electron chi connectivity index (χ1n) is 5.75. The zero-order chi connectivity index (χ0) is 13.2. The third-order valence-electron chi connectivity index (χ3n) is 2.69. The van der Waals surface area contributed by atoms with Gasteiger partial charge in [0.25, 0.3) is 0 Å². The number of rotatable bonds is 2. The van der Waals surface area contributed by atoms with Crippen LogP contribution in [0, 0.1) is 0 Å². The van der Waals surface area contributed by atoms with Crippen LogP contribution in [0.4, 0.5) is 5.69 Å². The minimum absolute atomic E-state index is 0.271. The smallest absolute Gasteiger partial charge is 0.168 e. The summed E-state index contributed by atoms with van der Waals surface area (Å²) in [6.45, 7) is 0. The average molecular weight is 285 g/mol. The molecular formula is C14H11N3S2. The predicted octanol–water partition coefficient (Wildman–Crippen LogP) is 3.62. The summed E-state index contributed by atoms with van der Waals surface area (Å²) in [4.78, 5) is 4.62. The van der Waals surface area contributed by atoms with Gasteiger partial charge in [-0.2, -0.15) is 0 Å². The lowest BCUT2D eigenvalue weighted by Gasteiger charge is -2.03. The summed E-state index contributed by atoms with van der Waals surface area (Å²) < 4.78 is 1.20. The Hall–Kier alpha value is -1.98. The van der Waals surface area contributed by atoms with Gasteiger partial charge < -0.3 is 11.1 Å². The van der Waals surface area contributed by atoms with Gasteiger partial charge in [-0.3, -0.25) is 0 Å². The van der Waals surface area contributed by atoms with Crippen LogP contribution in [0.5, 0.6) is 0 Å². The highest BCUT2D eigenvalue weighted by atomic mass is 32.1. The van der Waals surface area contributed by atoms with Crippen LogP contribution in [0.15, 0.2) is 48.5 Å². The van der Waals surface area contributed by atoms with Crippen LogP contribution < -0.4 is 11.1 Å². The highest BCUT2D eigenvalue weighted by Crippen LogP contribution is 2.30. The van der Waals surface area contributed by atoms with Crippen molar-refractivity contribution < 1.29 is 0 Å². The van der Waals surface area contributed by atoms with Crippen molar-refractivity contribution >= 4 is 44.6 Å². The van der Waals surface area contributed by atoms with Crippen molar-refractivity contribution in [1.29, 1.82) is 0 Å². The average Bonchev–Trinajstić information content (AvgIpc) is 2.82. The Morgan fingerprint density at radius 3 is 2.53 bits per heavy atom. The third-order valence-corrected chi connectivity index (χ3v) is 3.88. The van der Waals surface area contributed by atoms with E-state index < -0.39 is 0 Å². The molecule has 1 heterocycles. The number of thiocarbonyl (C=S) groups is 1. The molecule has 94 valence electrons. The maximum atomic E-state index is 5.43. The molecule has 0 atom stereocenters. The molecule has 0 saturated carbocycles. The first kappa shape index (κ1) is 12.1. The summed E-state index contributed by atoms with van der Waals surface area (Å²) in [5, 5.41) is 4.19. The zero-order valence-electron chi connectivity index (χ0n) is 9.96. The molecule has 0 amide bonds.